The number of amides is 1. The van der Waals surface area contributed by atoms with E-state index in [1.807, 2.05) is 37.4 Å². The average molecular weight is 488 g/mol. The first-order valence-electron chi connectivity index (χ1n) is 10.2. The van der Waals surface area contributed by atoms with E-state index in [2.05, 4.69) is 5.32 Å². The van der Waals surface area contributed by atoms with Crippen molar-refractivity contribution in [1.82, 2.24) is 10.2 Å². The standard InChI is InChI=1S/C22H25ClF3N3O2S/c1-27-13-16-6-5-11-28(14-16)21(30)15-29(32-18-7-3-2-4-8-18)19-12-17(22(24,25)26)9-10-20(19)31-23/h2-4,7-10,12,16,27H,5-6,11,13-15H2,1H3. The third kappa shape index (κ3) is 6.46. The number of carbonyl (C=O) groups is 1. The molecule has 2 aromatic carbocycles. The normalized spacial score (nSPS) is 16.7. The lowest BCUT2D eigenvalue weighted by molar-refractivity contribution is -0.137. The highest BCUT2D eigenvalue weighted by Gasteiger charge is 2.33. The smallest absolute Gasteiger partial charge is 0.383 e. The summed E-state index contributed by atoms with van der Waals surface area (Å²) in [7, 11) is 1.88. The molecule has 0 radical (unpaired) electrons. The summed E-state index contributed by atoms with van der Waals surface area (Å²) in [6.07, 6.45) is -2.62. The zero-order valence-corrected chi connectivity index (χ0v) is 19.1. The van der Waals surface area contributed by atoms with Crippen LogP contribution in [0.5, 0.6) is 5.75 Å². The van der Waals surface area contributed by atoms with Crippen LogP contribution in [0.15, 0.2) is 53.4 Å². The summed E-state index contributed by atoms with van der Waals surface area (Å²) < 4.78 is 46.5. The van der Waals surface area contributed by atoms with Crippen molar-refractivity contribution in [2.75, 3.05) is 37.5 Å². The molecule has 0 bridgehead atoms. The van der Waals surface area contributed by atoms with Crippen LogP contribution in [0.25, 0.3) is 0 Å². The van der Waals surface area contributed by atoms with Gasteiger partial charge < -0.3 is 14.5 Å². The third-order valence-corrected chi connectivity index (χ3v) is 6.44. The first-order chi connectivity index (χ1) is 15.3. The van der Waals surface area contributed by atoms with E-state index in [-0.39, 0.29) is 23.9 Å². The van der Waals surface area contributed by atoms with Crippen LogP contribution in [0.2, 0.25) is 0 Å². The number of nitrogens with one attached hydrogen (secondary N) is 1. The summed E-state index contributed by atoms with van der Waals surface area (Å²) >= 11 is 6.73. The number of alkyl halides is 3. The Morgan fingerprint density at radius 3 is 2.69 bits per heavy atom. The molecular formula is C22H25ClF3N3O2S. The van der Waals surface area contributed by atoms with Gasteiger partial charge in [-0.05, 0) is 74.6 Å². The Morgan fingerprint density at radius 2 is 2.03 bits per heavy atom. The molecule has 1 N–H and O–H groups in total. The number of piperidine rings is 1. The highest BCUT2D eigenvalue weighted by Crippen LogP contribution is 2.41. The highest BCUT2D eigenvalue weighted by atomic mass is 35.5. The van der Waals surface area contributed by atoms with Gasteiger partial charge in [-0.25, -0.2) is 0 Å². The second-order valence-electron chi connectivity index (χ2n) is 7.60. The van der Waals surface area contributed by atoms with Gasteiger partial charge in [0.05, 0.1) is 11.3 Å². The van der Waals surface area contributed by atoms with Crippen LogP contribution in [0.3, 0.4) is 0 Å². The minimum absolute atomic E-state index is 0.0441. The summed E-state index contributed by atoms with van der Waals surface area (Å²) in [5.74, 6) is 0.234. The van der Waals surface area contributed by atoms with Crippen molar-refractivity contribution in [3.05, 3.63) is 54.1 Å². The topological polar surface area (TPSA) is 44.8 Å². The molecule has 32 heavy (non-hydrogen) atoms. The first-order valence-corrected chi connectivity index (χ1v) is 11.3. The Hall–Kier alpha value is -2.10. The number of carbonyl (C=O) groups excluding carboxylic acids is 1. The van der Waals surface area contributed by atoms with Crippen molar-refractivity contribution in [1.29, 1.82) is 0 Å². The lowest BCUT2D eigenvalue weighted by Gasteiger charge is -2.34. The number of rotatable bonds is 8. The number of halogens is 4. The van der Waals surface area contributed by atoms with E-state index in [4.69, 9.17) is 16.2 Å². The molecule has 1 aliphatic heterocycles. The van der Waals surface area contributed by atoms with Gasteiger partial charge in [0.2, 0.25) is 5.91 Å². The highest BCUT2D eigenvalue weighted by molar-refractivity contribution is 8.00. The van der Waals surface area contributed by atoms with Gasteiger partial charge in [-0.1, -0.05) is 18.2 Å². The summed E-state index contributed by atoms with van der Waals surface area (Å²) in [6.45, 7) is 1.93. The molecule has 0 spiro atoms. The van der Waals surface area contributed by atoms with Crippen molar-refractivity contribution in [3.8, 4) is 5.75 Å². The van der Waals surface area contributed by atoms with Crippen LogP contribution in [-0.2, 0) is 11.0 Å². The molecule has 1 heterocycles. The Kier molecular flexibility index (Phi) is 8.56. The molecule has 174 valence electrons. The molecule has 1 atom stereocenters. The van der Waals surface area contributed by atoms with Crippen molar-refractivity contribution in [3.63, 3.8) is 0 Å². The fourth-order valence-electron chi connectivity index (χ4n) is 3.70. The Bertz CT molecular complexity index is 900. The fourth-order valence-corrected chi connectivity index (χ4v) is 4.78. The molecule has 0 aromatic heterocycles. The lowest BCUT2D eigenvalue weighted by atomic mass is 9.98. The van der Waals surface area contributed by atoms with Gasteiger partial charge >= 0.3 is 6.18 Å². The monoisotopic (exact) mass is 487 g/mol. The zero-order chi connectivity index (χ0) is 23.1. The van der Waals surface area contributed by atoms with Gasteiger partial charge in [-0.2, -0.15) is 13.2 Å². The van der Waals surface area contributed by atoms with Crippen LogP contribution in [0.4, 0.5) is 18.9 Å². The van der Waals surface area contributed by atoms with Crippen molar-refractivity contribution in [2.45, 2.75) is 23.9 Å². The van der Waals surface area contributed by atoms with Crippen molar-refractivity contribution < 1.29 is 22.3 Å². The maximum Gasteiger partial charge on any atom is 0.416 e. The Labute approximate surface area is 195 Å². The number of anilines is 1. The molecule has 1 saturated heterocycles. The lowest BCUT2D eigenvalue weighted by Crippen LogP contribution is -2.45. The van der Waals surface area contributed by atoms with Gasteiger partial charge in [-0.3, -0.25) is 9.10 Å². The van der Waals surface area contributed by atoms with Crippen LogP contribution in [-0.4, -0.2) is 44.0 Å². The van der Waals surface area contributed by atoms with Crippen LogP contribution < -0.4 is 13.9 Å². The van der Waals surface area contributed by atoms with E-state index >= 15 is 0 Å². The van der Waals surface area contributed by atoms with Crippen molar-refractivity contribution >= 4 is 35.4 Å². The largest absolute Gasteiger partial charge is 0.416 e. The van der Waals surface area contributed by atoms with Gasteiger partial charge in [0.25, 0.3) is 0 Å². The maximum absolute atomic E-state index is 13.4. The Morgan fingerprint density at radius 1 is 1.28 bits per heavy atom. The molecule has 1 unspecified atom stereocenters. The number of hydrogen-bond acceptors (Lipinski definition) is 5. The van der Waals surface area contributed by atoms with E-state index in [1.54, 1.807) is 4.90 Å². The SMILES string of the molecule is CNCC1CCCN(C(=O)CN(Sc2ccccc2)c2cc(C(F)(F)F)ccc2OCl)C1. The molecular weight excluding hydrogens is 463 g/mol. The van der Waals surface area contributed by atoms with Crippen LogP contribution >= 0.6 is 23.8 Å². The molecule has 3 rings (SSSR count). The van der Waals surface area contributed by atoms with E-state index in [0.717, 1.165) is 54.4 Å². The first kappa shape index (κ1) is 24.5. The van der Waals surface area contributed by atoms with Crippen molar-refractivity contribution in [2.24, 2.45) is 5.92 Å². The maximum atomic E-state index is 13.4. The zero-order valence-electron chi connectivity index (χ0n) is 17.6. The molecule has 0 saturated carbocycles. The second-order valence-corrected chi connectivity index (χ2v) is 8.85. The molecule has 2 aromatic rings. The molecule has 1 fully saturated rings. The minimum atomic E-state index is -4.54. The summed E-state index contributed by atoms with van der Waals surface area (Å²) in [4.78, 5) is 15.7. The van der Waals surface area contributed by atoms with E-state index in [0.29, 0.717) is 19.0 Å². The van der Waals surface area contributed by atoms with Gasteiger partial charge in [0.1, 0.15) is 18.4 Å². The van der Waals surface area contributed by atoms with Crippen LogP contribution in [0.1, 0.15) is 18.4 Å². The van der Waals surface area contributed by atoms with Gasteiger partial charge in [-0.15, -0.1) is 0 Å². The number of benzene rings is 2. The van der Waals surface area contributed by atoms with Gasteiger partial charge in [0, 0.05) is 18.0 Å². The predicted octanol–water partition coefficient (Wildman–Crippen LogP) is 5.21. The van der Waals surface area contributed by atoms with E-state index in [9.17, 15) is 18.0 Å². The summed E-state index contributed by atoms with van der Waals surface area (Å²) in [6, 6.07) is 12.1. The Balaban J connectivity index is 1.90. The second kappa shape index (κ2) is 11.2. The molecule has 0 aliphatic carbocycles. The molecule has 1 aliphatic rings. The fraction of sp³-hybridized carbons (Fsp3) is 0.409. The number of nitrogens with zero attached hydrogens (tertiary/aromatic N) is 2. The summed E-state index contributed by atoms with van der Waals surface area (Å²) in [5.41, 5.74) is -0.760. The third-order valence-electron chi connectivity index (χ3n) is 5.24. The van der Waals surface area contributed by atoms with E-state index in [1.165, 1.54) is 4.31 Å². The quantitative estimate of drug-likeness (QED) is 0.518. The summed E-state index contributed by atoms with van der Waals surface area (Å²) in [5, 5.41) is 3.14. The minimum Gasteiger partial charge on any atom is -0.383 e. The predicted molar refractivity (Wildman–Crippen MR) is 121 cm³/mol. The molecule has 10 heteroatoms. The number of likely N-dealkylation sites (tertiary alicyclic amines) is 1. The number of hydrogen-bond donors (Lipinski definition) is 1. The molecule has 5 nitrogen and oxygen atoms in total. The van der Waals surface area contributed by atoms with Gasteiger partial charge in [0.15, 0.2) is 5.75 Å². The van der Waals surface area contributed by atoms with E-state index < -0.39 is 11.7 Å². The van der Waals surface area contributed by atoms with Crippen LogP contribution in [0, 0.1) is 5.92 Å². The molecule has 1 amide bonds. The average Bonchev–Trinajstić information content (AvgIpc) is 2.78.